The number of cyclic esters (lactones) is 1. The van der Waals surface area contributed by atoms with Gasteiger partial charge in [-0.25, -0.2) is 4.79 Å². The largest absolute Gasteiger partial charge is 0.503 e. The maximum absolute atomic E-state index is 11.5. The van der Waals surface area contributed by atoms with E-state index >= 15 is 0 Å². The molecule has 0 bridgehead atoms. The quantitative estimate of drug-likeness (QED) is 0.882. The van der Waals surface area contributed by atoms with Crippen LogP contribution < -0.4 is 10.1 Å². The smallest absolute Gasteiger partial charge is 0.407 e. The molecular formula is C14H18BrNO4. The third kappa shape index (κ3) is 2.85. The fourth-order valence-corrected chi connectivity index (χ4v) is 2.71. The highest BCUT2D eigenvalue weighted by Gasteiger charge is 2.38. The van der Waals surface area contributed by atoms with E-state index in [-0.39, 0.29) is 17.2 Å². The van der Waals surface area contributed by atoms with Gasteiger partial charge in [0, 0.05) is 5.41 Å². The molecule has 0 unspecified atom stereocenters. The number of rotatable bonds is 3. The van der Waals surface area contributed by atoms with Gasteiger partial charge in [-0.05, 0) is 40.5 Å². The van der Waals surface area contributed by atoms with Crippen LogP contribution in [-0.4, -0.2) is 24.4 Å². The van der Waals surface area contributed by atoms with E-state index in [1.165, 1.54) is 0 Å². The van der Waals surface area contributed by atoms with Crippen LogP contribution in [0.15, 0.2) is 16.6 Å². The van der Waals surface area contributed by atoms with Crippen molar-refractivity contribution in [2.24, 2.45) is 5.41 Å². The van der Waals surface area contributed by atoms with Crippen molar-refractivity contribution < 1.29 is 19.4 Å². The first-order chi connectivity index (χ1) is 9.35. The van der Waals surface area contributed by atoms with E-state index < -0.39 is 6.09 Å². The van der Waals surface area contributed by atoms with E-state index in [2.05, 4.69) is 21.2 Å². The van der Waals surface area contributed by atoms with Crippen LogP contribution in [-0.2, 0) is 4.74 Å². The van der Waals surface area contributed by atoms with Crippen LogP contribution in [0, 0.1) is 5.41 Å². The molecule has 1 saturated heterocycles. The van der Waals surface area contributed by atoms with Crippen molar-refractivity contribution in [3.05, 3.63) is 22.2 Å². The Kier molecular flexibility index (Phi) is 4.13. The van der Waals surface area contributed by atoms with Gasteiger partial charge >= 0.3 is 6.09 Å². The Morgan fingerprint density at radius 2 is 2.25 bits per heavy atom. The summed E-state index contributed by atoms with van der Waals surface area (Å²) in [5.41, 5.74) is 0.605. The van der Waals surface area contributed by atoms with Gasteiger partial charge in [0.25, 0.3) is 0 Å². The molecule has 0 aliphatic carbocycles. The predicted molar refractivity (Wildman–Crippen MR) is 78.0 cm³/mol. The zero-order valence-electron chi connectivity index (χ0n) is 11.7. The summed E-state index contributed by atoms with van der Waals surface area (Å²) in [5, 5.41) is 12.8. The molecule has 110 valence electrons. The van der Waals surface area contributed by atoms with Crippen LogP contribution >= 0.6 is 15.9 Å². The Balaban J connectivity index is 2.43. The monoisotopic (exact) mass is 343 g/mol. The molecule has 0 radical (unpaired) electrons. The number of alkyl carbamates (subject to hydrolysis) is 1. The number of carbonyl (C=O) groups excluding carboxylic acids is 1. The van der Waals surface area contributed by atoms with E-state index in [0.29, 0.717) is 23.4 Å². The minimum Gasteiger partial charge on any atom is -0.503 e. The minimum absolute atomic E-state index is 0.0618. The minimum atomic E-state index is -0.434. The molecule has 1 aromatic carbocycles. The van der Waals surface area contributed by atoms with E-state index in [0.717, 1.165) is 5.56 Å². The van der Waals surface area contributed by atoms with Crippen LogP contribution in [0.25, 0.3) is 0 Å². The SMILES string of the molecule is CCOc1cc([C@@H]2NC(=O)OCC2(C)C)cc(Br)c1O. The van der Waals surface area contributed by atoms with Gasteiger partial charge in [-0.2, -0.15) is 0 Å². The van der Waals surface area contributed by atoms with E-state index in [1.54, 1.807) is 12.1 Å². The Bertz CT molecular complexity index is 530. The van der Waals surface area contributed by atoms with Gasteiger partial charge in [0.05, 0.1) is 17.1 Å². The lowest BCUT2D eigenvalue weighted by Gasteiger charge is -2.38. The Morgan fingerprint density at radius 1 is 1.55 bits per heavy atom. The van der Waals surface area contributed by atoms with Crippen LogP contribution in [0.2, 0.25) is 0 Å². The van der Waals surface area contributed by atoms with Gasteiger partial charge < -0.3 is 19.9 Å². The van der Waals surface area contributed by atoms with Crippen molar-refractivity contribution in [3.63, 3.8) is 0 Å². The van der Waals surface area contributed by atoms with E-state index in [1.807, 2.05) is 20.8 Å². The Morgan fingerprint density at radius 3 is 2.90 bits per heavy atom. The average molecular weight is 344 g/mol. The standard InChI is InChI=1S/C14H18BrNO4/c1-4-19-10-6-8(5-9(15)11(10)17)12-14(2,3)7-20-13(18)16-12/h5-6,12,17H,4,7H2,1-3H3,(H,16,18)/t12-/m0/s1. The van der Waals surface area contributed by atoms with Crippen molar-refractivity contribution in [2.75, 3.05) is 13.2 Å². The highest BCUT2D eigenvalue weighted by molar-refractivity contribution is 9.10. The molecule has 1 aromatic rings. The number of benzene rings is 1. The van der Waals surface area contributed by atoms with Crippen molar-refractivity contribution in [2.45, 2.75) is 26.8 Å². The second-order valence-electron chi connectivity index (χ2n) is 5.42. The third-order valence-corrected chi connectivity index (χ3v) is 3.91. The number of ether oxygens (including phenoxy) is 2. The number of hydrogen-bond acceptors (Lipinski definition) is 4. The van der Waals surface area contributed by atoms with E-state index in [4.69, 9.17) is 9.47 Å². The summed E-state index contributed by atoms with van der Waals surface area (Å²) < 4.78 is 11.0. The molecule has 1 amide bonds. The van der Waals surface area contributed by atoms with Gasteiger partial charge in [0.15, 0.2) is 11.5 Å². The molecule has 1 aliphatic heterocycles. The number of phenols is 1. The van der Waals surface area contributed by atoms with Crippen LogP contribution in [0.3, 0.4) is 0 Å². The molecule has 0 aromatic heterocycles. The second-order valence-corrected chi connectivity index (χ2v) is 6.28. The van der Waals surface area contributed by atoms with E-state index in [9.17, 15) is 9.90 Å². The van der Waals surface area contributed by atoms with Gasteiger partial charge in [0.2, 0.25) is 0 Å². The number of amides is 1. The fraction of sp³-hybridized carbons (Fsp3) is 0.500. The zero-order chi connectivity index (χ0) is 14.9. The Hall–Kier alpha value is -1.43. The number of nitrogens with one attached hydrogen (secondary N) is 1. The highest BCUT2D eigenvalue weighted by Crippen LogP contribution is 2.42. The number of aromatic hydroxyl groups is 1. The molecule has 20 heavy (non-hydrogen) atoms. The summed E-state index contributed by atoms with van der Waals surface area (Å²) in [7, 11) is 0. The third-order valence-electron chi connectivity index (χ3n) is 3.30. The fourth-order valence-electron chi connectivity index (χ4n) is 2.25. The van der Waals surface area contributed by atoms with Gasteiger partial charge in [-0.3, -0.25) is 0 Å². The molecule has 2 N–H and O–H groups in total. The topological polar surface area (TPSA) is 67.8 Å². The Labute approximate surface area is 126 Å². The summed E-state index contributed by atoms with van der Waals surface area (Å²) in [6, 6.07) is 3.33. The first-order valence-corrected chi connectivity index (χ1v) is 7.23. The van der Waals surface area contributed by atoms with Crippen molar-refractivity contribution in [1.29, 1.82) is 0 Å². The zero-order valence-corrected chi connectivity index (χ0v) is 13.3. The number of carbonyl (C=O) groups is 1. The van der Waals surface area contributed by atoms with Crippen molar-refractivity contribution >= 4 is 22.0 Å². The average Bonchev–Trinajstić information content (AvgIpc) is 2.38. The lowest BCUT2D eigenvalue weighted by Crippen LogP contribution is -2.46. The van der Waals surface area contributed by atoms with Crippen LogP contribution in [0.5, 0.6) is 11.5 Å². The summed E-state index contributed by atoms with van der Waals surface area (Å²) >= 11 is 3.31. The van der Waals surface area contributed by atoms with Crippen LogP contribution in [0.4, 0.5) is 4.79 Å². The summed E-state index contributed by atoms with van der Waals surface area (Å²) in [6.45, 7) is 6.66. The van der Waals surface area contributed by atoms with Gasteiger partial charge in [-0.15, -0.1) is 0 Å². The van der Waals surface area contributed by atoms with Gasteiger partial charge in [-0.1, -0.05) is 13.8 Å². The first kappa shape index (κ1) is 15.0. The first-order valence-electron chi connectivity index (χ1n) is 6.43. The van der Waals surface area contributed by atoms with Crippen molar-refractivity contribution in [1.82, 2.24) is 5.32 Å². The second kappa shape index (κ2) is 5.52. The molecule has 1 fully saturated rings. The summed E-state index contributed by atoms with van der Waals surface area (Å²) in [4.78, 5) is 11.5. The maximum atomic E-state index is 11.5. The van der Waals surface area contributed by atoms with Gasteiger partial charge in [0.1, 0.15) is 6.61 Å². The maximum Gasteiger partial charge on any atom is 0.407 e. The predicted octanol–water partition coefficient (Wildman–Crippen LogP) is 3.36. The van der Waals surface area contributed by atoms with Crippen molar-refractivity contribution in [3.8, 4) is 11.5 Å². The molecule has 0 spiro atoms. The normalized spacial score (nSPS) is 21.0. The molecule has 1 heterocycles. The molecule has 1 atom stereocenters. The lowest BCUT2D eigenvalue weighted by atomic mass is 9.80. The molecule has 2 rings (SSSR count). The summed E-state index contributed by atoms with van der Waals surface area (Å²) in [5.74, 6) is 0.459. The molecule has 0 saturated carbocycles. The lowest BCUT2D eigenvalue weighted by molar-refractivity contribution is 0.0386. The highest BCUT2D eigenvalue weighted by atomic mass is 79.9. The molecular weight excluding hydrogens is 326 g/mol. The molecule has 1 aliphatic rings. The molecule has 6 heteroatoms. The number of phenolic OH excluding ortho intramolecular Hbond substituents is 1. The molecule has 5 nitrogen and oxygen atoms in total. The summed E-state index contributed by atoms with van der Waals surface area (Å²) in [6.07, 6.45) is -0.434. The number of halogens is 1. The number of hydrogen-bond donors (Lipinski definition) is 2. The van der Waals surface area contributed by atoms with Crippen LogP contribution in [0.1, 0.15) is 32.4 Å².